The molecule has 0 amide bonds. The lowest BCUT2D eigenvalue weighted by atomic mass is 9.88. The zero-order valence-corrected chi connectivity index (χ0v) is 11.3. The Hall–Kier alpha value is -0.680. The van der Waals surface area contributed by atoms with E-state index in [9.17, 15) is 4.79 Å². The molecule has 0 saturated carbocycles. The van der Waals surface area contributed by atoms with Crippen LogP contribution in [-0.2, 0) is 11.2 Å². The van der Waals surface area contributed by atoms with Crippen LogP contribution in [0.4, 0.5) is 0 Å². The SMILES string of the molecule is CCc1nc(C2CC3CCC2O3)[nH]c(=O)c1Br. The van der Waals surface area contributed by atoms with Gasteiger partial charge in [0.25, 0.3) is 5.56 Å². The van der Waals surface area contributed by atoms with Gasteiger partial charge in [-0.3, -0.25) is 4.79 Å². The molecule has 2 bridgehead atoms. The van der Waals surface area contributed by atoms with Crippen molar-refractivity contribution in [3.8, 4) is 0 Å². The fraction of sp³-hybridized carbons (Fsp3) is 0.667. The highest BCUT2D eigenvalue weighted by Gasteiger charge is 2.42. The van der Waals surface area contributed by atoms with Crippen LogP contribution in [0.2, 0.25) is 0 Å². The van der Waals surface area contributed by atoms with E-state index in [1.165, 1.54) is 0 Å². The van der Waals surface area contributed by atoms with Crippen LogP contribution in [0.5, 0.6) is 0 Å². The summed E-state index contributed by atoms with van der Waals surface area (Å²) < 4.78 is 6.37. The average Bonchev–Trinajstić information content (AvgIpc) is 2.94. The second-order valence-corrected chi connectivity index (χ2v) is 5.57. The number of nitrogens with one attached hydrogen (secondary N) is 1. The van der Waals surface area contributed by atoms with E-state index in [0.717, 1.165) is 37.2 Å². The van der Waals surface area contributed by atoms with Crippen LogP contribution in [0.3, 0.4) is 0 Å². The zero-order valence-electron chi connectivity index (χ0n) is 9.70. The van der Waals surface area contributed by atoms with Crippen LogP contribution in [0.15, 0.2) is 9.27 Å². The molecule has 0 radical (unpaired) electrons. The number of aromatic nitrogens is 2. The number of aryl methyl sites for hydroxylation is 1. The van der Waals surface area contributed by atoms with E-state index in [0.29, 0.717) is 10.6 Å². The van der Waals surface area contributed by atoms with Crippen LogP contribution in [-0.4, -0.2) is 22.2 Å². The average molecular weight is 299 g/mol. The lowest BCUT2D eigenvalue weighted by Gasteiger charge is -2.18. The number of nitrogens with zero attached hydrogens (tertiary/aromatic N) is 1. The van der Waals surface area contributed by atoms with Crippen molar-refractivity contribution in [2.45, 2.75) is 50.7 Å². The summed E-state index contributed by atoms with van der Waals surface area (Å²) >= 11 is 3.29. The summed E-state index contributed by atoms with van der Waals surface area (Å²) in [5.74, 6) is 1.09. The number of rotatable bonds is 2. The molecule has 2 aliphatic rings. The number of hydrogen-bond acceptors (Lipinski definition) is 3. The molecule has 5 heteroatoms. The molecule has 17 heavy (non-hydrogen) atoms. The number of aromatic amines is 1. The first-order chi connectivity index (χ1) is 8.19. The van der Waals surface area contributed by atoms with E-state index in [1.807, 2.05) is 6.92 Å². The molecule has 0 aromatic carbocycles. The Kier molecular flexibility index (Phi) is 2.83. The second kappa shape index (κ2) is 4.21. The maximum atomic E-state index is 11.8. The molecular weight excluding hydrogens is 284 g/mol. The second-order valence-electron chi connectivity index (χ2n) is 4.78. The van der Waals surface area contributed by atoms with Gasteiger partial charge in [0.05, 0.1) is 17.9 Å². The molecule has 0 aliphatic carbocycles. The number of fused-ring (bicyclic) bond motifs is 2. The highest BCUT2D eigenvalue weighted by Crippen LogP contribution is 2.43. The van der Waals surface area contributed by atoms with Gasteiger partial charge < -0.3 is 9.72 Å². The molecular formula is C12H15BrN2O2. The van der Waals surface area contributed by atoms with Crippen LogP contribution in [0.25, 0.3) is 0 Å². The molecule has 0 spiro atoms. The Bertz CT molecular complexity index is 500. The van der Waals surface area contributed by atoms with Gasteiger partial charge in [0, 0.05) is 5.92 Å². The predicted octanol–water partition coefficient (Wildman–Crippen LogP) is 2.13. The van der Waals surface area contributed by atoms with Crippen molar-refractivity contribution in [2.75, 3.05) is 0 Å². The highest BCUT2D eigenvalue weighted by molar-refractivity contribution is 9.10. The summed E-state index contributed by atoms with van der Waals surface area (Å²) in [5, 5.41) is 0. The zero-order chi connectivity index (χ0) is 12.0. The van der Waals surface area contributed by atoms with Crippen molar-refractivity contribution in [1.29, 1.82) is 0 Å². The monoisotopic (exact) mass is 298 g/mol. The number of hydrogen-bond donors (Lipinski definition) is 1. The van der Waals surface area contributed by atoms with Crippen molar-refractivity contribution in [3.63, 3.8) is 0 Å². The Morgan fingerprint density at radius 2 is 2.35 bits per heavy atom. The van der Waals surface area contributed by atoms with Crippen molar-refractivity contribution < 1.29 is 4.74 Å². The van der Waals surface area contributed by atoms with E-state index in [1.54, 1.807) is 0 Å². The smallest absolute Gasteiger partial charge is 0.265 e. The molecule has 3 heterocycles. The third-order valence-corrected chi connectivity index (χ3v) is 4.56. The topological polar surface area (TPSA) is 55.0 Å². The highest BCUT2D eigenvalue weighted by atomic mass is 79.9. The van der Waals surface area contributed by atoms with Crippen LogP contribution in [0.1, 0.15) is 43.6 Å². The Balaban J connectivity index is 1.98. The third kappa shape index (κ3) is 1.85. The quantitative estimate of drug-likeness (QED) is 0.910. The summed E-state index contributed by atoms with van der Waals surface area (Å²) in [6.45, 7) is 2.01. The molecule has 2 saturated heterocycles. The van der Waals surface area contributed by atoms with Gasteiger partial charge >= 0.3 is 0 Å². The lowest BCUT2D eigenvalue weighted by molar-refractivity contribution is 0.0998. The van der Waals surface area contributed by atoms with E-state index in [-0.39, 0.29) is 17.6 Å². The minimum absolute atomic E-state index is 0.0744. The minimum atomic E-state index is -0.0744. The van der Waals surface area contributed by atoms with Gasteiger partial charge in [-0.1, -0.05) is 6.92 Å². The summed E-state index contributed by atoms with van der Waals surface area (Å²) in [4.78, 5) is 19.3. The fourth-order valence-electron chi connectivity index (χ4n) is 2.86. The molecule has 4 nitrogen and oxygen atoms in total. The van der Waals surface area contributed by atoms with Crippen molar-refractivity contribution in [1.82, 2.24) is 9.97 Å². The predicted molar refractivity (Wildman–Crippen MR) is 67.2 cm³/mol. The fourth-order valence-corrected chi connectivity index (χ4v) is 3.33. The summed E-state index contributed by atoms with van der Waals surface area (Å²) in [6, 6.07) is 0. The van der Waals surface area contributed by atoms with Crippen LogP contribution in [0, 0.1) is 0 Å². The standard InChI is InChI=1S/C12H15BrN2O2/c1-2-8-10(13)12(16)15-11(14-8)7-5-6-3-4-9(7)17-6/h6-7,9H,2-5H2,1H3,(H,14,15,16). The number of H-pyrrole nitrogens is 1. The van der Waals surface area contributed by atoms with Crippen molar-refractivity contribution in [2.24, 2.45) is 0 Å². The maximum absolute atomic E-state index is 11.8. The van der Waals surface area contributed by atoms with Crippen molar-refractivity contribution in [3.05, 3.63) is 26.3 Å². The lowest BCUT2D eigenvalue weighted by Crippen LogP contribution is -2.23. The van der Waals surface area contributed by atoms with E-state index < -0.39 is 0 Å². The van der Waals surface area contributed by atoms with Gasteiger partial charge in [0.2, 0.25) is 0 Å². The Morgan fingerprint density at radius 3 is 2.94 bits per heavy atom. The van der Waals surface area contributed by atoms with Gasteiger partial charge in [-0.2, -0.15) is 0 Å². The number of halogens is 1. The molecule has 3 unspecified atom stereocenters. The molecule has 2 aliphatic heterocycles. The Labute approximate surface area is 108 Å². The molecule has 3 atom stereocenters. The summed E-state index contributed by atoms with van der Waals surface area (Å²) in [7, 11) is 0. The third-order valence-electron chi connectivity index (χ3n) is 3.74. The normalized spacial score (nSPS) is 31.1. The summed E-state index contributed by atoms with van der Waals surface area (Å²) in [6.07, 6.45) is 4.65. The molecule has 1 aromatic rings. The van der Waals surface area contributed by atoms with Gasteiger partial charge in [-0.15, -0.1) is 0 Å². The first-order valence-corrected chi connectivity index (χ1v) is 6.92. The Morgan fingerprint density at radius 1 is 1.53 bits per heavy atom. The molecule has 1 N–H and O–H groups in total. The van der Waals surface area contributed by atoms with E-state index >= 15 is 0 Å². The van der Waals surface area contributed by atoms with Gasteiger partial charge in [-0.25, -0.2) is 4.98 Å². The molecule has 92 valence electrons. The van der Waals surface area contributed by atoms with Crippen molar-refractivity contribution >= 4 is 15.9 Å². The van der Waals surface area contributed by atoms with Gasteiger partial charge in [0.15, 0.2) is 0 Å². The first kappa shape index (κ1) is 11.4. The summed E-state index contributed by atoms with van der Waals surface area (Å²) in [5.41, 5.74) is 0.765. The van der Waals surface area contributed by atoms with E-state index in [2.05, 4.69) is 25.9 Å². The van der Waals surface area contributed by atoms with Crippen LogP contribution < -0.4 is 5.56 Å². The minimum Gasteiger partial charge on any atom is -0.374 e. The first-order valence-electron chi connectivity index (χ1n) is 6.13. The number of ether oxygens (including phenoxy) is 1. The largest absolute Gasteiger partial charge is 0.374 e. The maximum Gasteiger partial charge on any atom is 0.265 e. The van der Waals surface area contributed by atoms with Gasteiger partial charge in [0.1, 0.15) is 10.3 Å². The van der Waals surface area contributed by atoms with E-state index in [4.69, 9.17) is 4.74 Å². The molecule has 1 aromatic heterocycles. The molecule has 3 rings (SSSR count). The van der Waals surface area contributed by atoms with Crippen LogP contribution >= 0.6 is 15.9 Å². The molecule has 2 fully saturated rings. The van der Waals surface area contributed by atoms with Gasteiger partial charge in [-0.05, 0) is 41.6 Å².